The number of alkyl halides is 3. The topological polar surface area (TPSA) is 79.7 Å². The van der Waals surface area contributed by atoms with Gasteiger partial charge in [-0.2, -0.15) is 13.2 Å². The highest BCUT2D eigenvalue weighted by atomic mass is 19.4. The minimum absolute atomic E-state index is 0.0475. The molecule has 0 unspecified atom stereocenters. The van der Waals surface area contributed by atoms with E-state index < -0.39 is 23.4 Å². The van der Waals surface area contributed by atoms with Gasteiger partial charge in [-0.05, 0) is 39.7 Å². The number of carbonyl (C=O) groups excluding carboxylic acids is 2. The number of aromatic nitrogens is 2. The van der Waals surface area contributed by atoms with Gasteiger partial charge in [-0.15, -0.1) is 0 Å². The molecule has 1 aliphatic heterocycles. The Morgan fingerprint density at radius 2 is 1.76 bits per heavy atom. The number of piperazine rings is 1. The Kier molecular flexibility index (Phi) is 6.15. The largest absolute Gasteiger partial charge is 0.444 e. The Labute approximate surface area is 196 Å². The quantitative estimate of drug-likeness (QED) is 0.726. The summed E-state index contributed by atoms with van der Waals surface area (Å²) in [6, 6.07) is 1.38. The zero-order valence-corrected chi connectivity index (χ0v) is 19.8. The summed E-state index contributed by atoms with van der Waals surface area (Å²) in [6.45, 7) is 7.28. The third kappa shape index (κ3) is 4.92. The number of aryl methyl sites for hydroxylation is 1. The van der Waals surface area contributed by atoms with Crippen molar-refractivity contribution in [2.45, 2.75) is 51.4 Å². The molecule has 0 radical (unpaired) electrons. The monoisotopic (exact) mass is 481 g/mol. The first-order valence-corrected chi connectivity index (χ1v) is 11.4. The van der Waals surface area contributed by atoms with Crippen LogP contribution in [0.25, 0.3) is 10.9 Å². The molecule has 2 amide bonds. The molecular formula is C23H30F3N5O3. The van der Waals surface area contributed by atoms with Crippen molar-refractivity contribution in [3.8, 4) is 0 Å². The van der Waals surface area contributed by atoms with Gasteiger partial charge in [-0.25, -0.2) is 9.78 Å². The van der Waals surface area contributed by atoms with E-state index in [0.29, 0.717) is 50.4 Å². The van der Waals surface area contributed by atoms with Gasteiger partial charge in [0.05, 0.1) is 11.1 Å². The predicted molar refractivity (Wildman–Crippen MR) is 120 cm³/mol. The van der Waals surface area contributed by atoms with E-state index in [1.165, 1.54) is 6.07 Å². The summed E-state index contributed by atoms with van der Waals surface area (Å²) >= 11 is 0. The third-order valence-corrected chi connectivity index (χ3v) is 6.29. The van der Waals surface area contributed by atoms with Crippen LogP contribution >= 0.6 is 0 Å². The molecule has 0 bridgehead atoms. The fourth-order valence-electron chi connectivity index (χ4n) is 4.55. The number of hydrogen-bond donors (Lipinski definition) is 1. The van der Waals surface area contributed by atoms with E-state index in [2.05, 4.69) is 10.3 Å². The minimum Gasteiger partial charge on any atom is -0.444 e. The van der Waals surface area contributed by atoms with E-state index in [1.54, 1.807) is 43.5 Å². The number of fused-ring (bicyclic) bond motifs is 1. The summed E-state index contributed by atoms with van der Waals surface area (Å²) < 4.78 is 47.1. The molecule has 34 heavy (non-hydrogen) atoms. The molecule has 4 rings (SSSR count). The summed E-state index contributed by atoms with van der Waals surface area (Å²) in [5.41, 5.74) is -0.889. The van der Waals surface area contributed by atoms with Crippen LogP contribution < -0.4 is 10.2 Å². The molecule has 2 aromatic rings. The highest BCUT2D eigenvalue weighted by molar-refractivity contribution is 5.93. The molecule has 2 fully saturated rings. The lowest BCUT2D eigenvalue weighted by molar-refractivity contribution is -0.139. The van der Waals surface area contributed by atoms with Crippen LogP contribution in [0.1, 0.15) is 39.2 Å². The zero-order valence-electron chi connectivity index (χ0n) is 19.8. The minimum atomic E-state index is -4.48. The molecule has 0 spiro atoms. The van der Waals surface area contributed by atoms with Gasteiger partial charge in [0.1, 0.15) is 5.60 Å². The van der Waals surface area contributed by atoms with Crippen LogP contribution in [0.3, 0.4) is 0 Å². The summed E-state index contributed by atoms with van der Waals surface area (Å²) in [5, 5.41) is 2.92. The number of ether oxygens (including phenoxy) is 1. The fraction of sp³-hybridized carbons (Fsp3) is 0.609. The second-order valence-electron chi connectivity index (χ2n) is 10.0. The molecule has 0 atom stereocenters. The van der Waals surface area contributed by atoms with Gasteiger partial charge in [-0.1, -0.05) is 0 Å². The van der Waals surface area contributed by atoms with Crippen LogP contribution in [0.2, 0.25) is 0 Å². The van der Waals surface area contributed by atoms with E-state index >= 15 is 0 Å². The van der Waals surface area contributed by atoms with E-state index in [9.17, 15) is 22.8 Å². The number of carbonyl (C=O) groups is 2. The second-order valence-corrected chi connectivity index (χ2v) is 10.0. The number of nitrogens with one attached hydrogen (secondary N) is 1. The number of rotatable bonds is 3. The number of nitrogens with zero attached hydrogens (tertiary/aromatic N) is 4. The van der Waals surface area contributed by atoms with E-state index in [0.717, 1.165) is 6.20 Å². The van der Waals surface area contributed by atoms with Crippen LogP contribution in [-0.4, -0.2) is 64.3 Å². The lowest BCUT2D eigenvalue weighted by atomic mass is 9.79. The first-order chi connectivity index (χ1) is 15.8. The summed E-state index contributed by atoms with van der Waals surface area (Å²) in [6.07, 6.45) is -1.32. The second kappa shape index (κ2) is 8.66. The van der Waals surface area contributed by atoms with Crippen LogP contribution in [-0.2, 0) is 22.8 Å². The molecule has 0 aromatic carbocycles. The van der Waals surface area contributed by atoms with Gasteiger partial charge >= 0.3 is 12.3 Å². The Hall–Kier alpha value is -2.98. The molecule has 2 aliphatic rings. The Morgan fingerprint density at radius 1 is 1.12 bits per heavy atom. The van der Waals surface area contributed by atoms with E-state index in [4.69, 9.17) is 4.74 Å². The Bertz CT molecular complexity index is 1080. The molecule has 186 valence electrons. The molecule has 3 heterocycles. The predicted octanol–water partition coefficient (Wildman–Crippen LogP) is 3.54. The maximum atomic E-state index is 13.4. The fourth-order valence-corrected chi connectivity index (χ4v) is 4.55. The first kappa shape index (κ1) is 24.2. The molecule has 11 heteroatoms. The molecule has 1 aliphatic carbocycles. The zero-order chi connectivity index (χ0) is 24.8. The van der Waals surface area contributed by atoms with Crippen molar-refractivity contribution in [1.82, 2.24) is 19.8 Å². The average molecular weight is 482 g/mol. The molecule has 1 saturated heterocycles. The summed E-state index contributed by atoms with van der Waals surface area (Å²) in [5.74, 6) is 0.398. The van der Waals surface area contributed by atoms with Crippen LogP contribution in [0.5, 0.6) is 0 Å². The number of amides is 2. The lowest BCUT2D eigenvalue weighted by Gasteiger charge is -2.41. The van der Waals surface area contributed by atoms with Gasteiger partial charge in [0.15, 0.2) is 5.82 Å². The Balaban J connectivity index is 1.34. The van der Waals surface area contributed by atoms with Crippen molar-refractivity contribution >= 4 is 28.7 Å². The van der Waals surface area contributed by atoms with Crippen molar-refractivity contribution in [3.05, 3.63) is 24.0 Å². The van der Waals surface area contributed by atoms with Crippen molar-refractivity contribution in [1.29, 1.82) is 0 Å². The number of anilines is 1. The van der Waals surface area contributed by atoms with Gasteiger partial charge in [0, 0.05) is 63.0 Å². The van der Waals surface area contributed by atoms with E-state index in [-0.39, 0.29) is 23.3 Å². The average Bonchev–Trinajstić information content (AvgIpc) is 3.09. The van der Waals surface area contributed by atoms with Crippen LogP contribution in [0.15, 0.2) is 18.5 Å². The van der Waals surface area contributed by atoms with Crippen LogP contribution in [0.4, 0.5) is 23.8 Å². The molecule has 1 N–H and O–H groups in total. The highest BCUT2D eigenvalue weighted by Crippen LogP contribution is 2.38. The van der Waals surface area contributed by atoms with Gasteiger partial charge < -0.3 is 24.4 Å². The standard InChI is InChI=1S/C23H30F3N5O3/c1-22(2,3)34-21(33)28-15-11-14(12-15)20(32)31-9-7-30(8-10-31)19-18-16(5-6-29(18)4)17(13-27-19)23(24,25)26/h5-6,13-15H,7-12H2,1-4H3,(H,28,33). The SMILES string of the molecule is Cn1ccc2c(C(F)(F)F)cnc(N3CCN(C(=O)C4CC(NC(=O)OC(C)(C)C)C4)CC3)c21. The van der Waals surface area contributed by atoms with Crippen molar-refractivity contribution in [2.24, 2.45) is 13.0 Å². The van der Waals surface area contributed by atoms with Gasteiger partial charge in [0.25, 0.3) is 0 Å². The summed E-state index contributed by atoms with van der Waals surface area (Å²) in [4.78, 5) is 32.6. The van der Waals surface area contributed by atoms with Gasteiger partial charge in [-0.3, -0.25) is 4.79 Å². The highest BCUT2D eigenvalue weighted by Gasteiger charge is 2.39. The van der Waals surface area contributed by atoms with Crippen LogP contribution in [0, 0.1) is 5.92 Å². The molecule has 8 nitrogen and oxygen atoms in total. The molecule has 1 saturated carbocycles. The normalized spacial score (nSPS) is 21.4. The maximum Gasteiger partial charge on any atom is 0.418 e. The van der Waals surface area contributed by atoms with Crippen molar-refractivity contribution in [2.75, 3.05) is 31.1 Å². The van der Waals surface area contributed by atoms with Crippen molar-refractivity contribution in [3.63, 3.8) is 0 Å². The molecule has 2 aromatic heterocycles. The van der Waals surface area contributed by atoms with E-state index in [1.807, 2.05) is 4.90 Å². The number of halogens is 3. The first-order valence-electron chi connectivity index (χ1n) is 11.4. The van der Waals surface area contributed by atoms with Gasteiger partial charge in [0.2, 0.25) is 5.91 Å². The lowest BCUT2D eigenvalue weighted by Crippen LogP contribution is -2.55. The summed E-state index contributed by atoms with van der Waals surface area (Å²) in [7, 11) is 1.70. The molecular weight excluding hydrogens is 451 g/mol. The third-order valence-electron chi connectivity index (χ3n) is 6.29. The Morgan fingerprint density at radius 3 is 2.35 bits per heavy atom. The van der Waals surface area contributed by atoms with Crippen molar-refractivity contribution < 1.29 is 27.5 Å². The smallest absolute Gasteiger partial charge is 0.418 e. The number of alkyl carbamates (subject to hydrolysis) is 1. The number of pyridine rings is 1. The number of hydrogen-bond acceptors (Lipinski definition) is 5. The maximum absolute atomic E-state index is 13.4.